The fourth-order valence-corrected chi connectivity index (χ4v) is 3.57. The Balaban J connectivity index is 1.77. The van der Waals surface area contributed by atoms with Crippen molar-refractivity contribution in [2.75, 3.05) is 19.0 Å². The molecule has 0 atom stereocenters. The first kappa shape index (κ1) is 24.3. The fraction of sp³-hybridized carbons (Fsp3) is 0.333. The number of anilines is 1. The normalized spacial score (nSPS) is 11.4. The minimum Gasteiger partial charge on any atom is -0.385 e. The van der Waals surface area contributed by atoms with Crippen molar-refractivity contribution in [2.45, 2.75) is 39.3 Å². The number of benzene rings is 2. The molecular formula is C24H28N4O4S. The first-order valence-electron chi connectivity index (χ1n) is 10.6. The minimum absolute atomic E-state index is 0.182. The monoisotopic (exact) mass is 468 g/mol. The molecule has 3 rings (SSSR count). The van der Waals surface area contributed by atoms with Crippen LogP contribution in [0.25, 0.3) is 10.9 Å². The number of nitrogens with zero attached hydrogens (tertiary/aromatic N) is 1. The summed E-state index contributed by atoms with van der Waals surface area (Å²) in [6.07, 6.45) is 0.663. The van der Waals surface area contributed by atoms with Gasteiger partial charge in [0.15, 0.2) is 4.77 Å². The van der Waals surface area contributed by atoms with Gasteiger partial charge in [0.1, 0.15) is 0 Å². The van der Waals surface area contributed by atoms with Gasteiger partial charge in [-0.3, -0.25) is 19.0 Å². The number of amides is 2. The smallest absolute Gasteiger partial charge is 0.262 e. The predicted octanol–water partition coefficient (Wildman–Crippen LogP) is 3.88. The van der Waals surface area contributed by atoms with Crippen LogP contribution in [0.3, 0.4) is 0 Å². The number of rotatable bonds is 7. The summed E-state index contributed by atoms with van der Waals surface area (Å²) in [5.74, 6) is -0.523. The van der Waals surface area contributed by atoms with Gasteiger partial charge in [0.25, 0.3) is 17.4 Å². The molecule has 0 bridgehead atoms. The summed E-state index contributed by atoms with van der Waals surface area (Å²) in [6, 6.07) is 11.5. The Morgan fingerprint density at radius 3 is 2.36 bits per heavy atom. The van der Waals surface area contributed by atoms with E-state index in [0.717, 1.165) is 0 Å². The number of hydrogen-bond donors (Lipinski definition) is 3. The Morgan fingerprint density at radius 1 is 1.06 bits per heavy atom. The number of ether oxygens (including phenoxy) is 1. The Morgan fingerprint density at radius 2 is 1.73 bits per heavy atom. The zero-order valence-electron chi connectivity index (χ0n) is 19.2. The summed E-state index contributed by atoms with van der Waals surface area (Å²) in [7, 11) is 1.61. The highest BCUT2D eigenvalue weighted by atomic mass is 32.1. The molecule has 0 saturated heterocycles. The van der Waals surface area contributed by atoms with E-state index in [0.29, 0.717) is 52.1 Å². The minimum atomic E-state index is -0.340. The van der Waals surface area contributed by atoms with E-state index in [1.165, 1.54) is 4.57 Å². The molecule has 0 spiro atoms. The van der Waals surface area contributed by atoms with Crippen LogP contribution in [0.1, 0.15) is 47.9 Å². The third-order valence-corrected chi connectivity index (χ3v) is 5.19. The molecule has 0 aliphatic rings. The van der Waals surface area contributed by atoms with Crippen molar-refractivity contribution in [1.29, 1.82) is 0 Å². The molecule has 2 aromatic carbocycles. The largest absolute Gasteiger partial charge is 0.385 e. The molecule has 0 aliphatic heterocycles. The van der Waals surface area contributed by atoms with Crippen LogP contribution in [0.15, 0.2) is 47.3 Å². The molecule has 0 radical (unpaired) electrons. The quantitative estimate of drug-likeness (QED) is 0.361. The van der Waals surface area contributed by atoms with Crippen LogP contribution < -0.4 is 16.2 Å². The van der Waals surface area contributed by atoms with Gasteiger partial charge in [0.2, 0.25) is 0 Å². The second kappa shape index (κ2) is 10.1. The van der Waals surface area contributed by atoms with Crippen molar-refractivity contribution in [2.24, 2.45) is 0 Å². The number of methoxy groups -OCH3 is 1. The Bertz CT molecular complexity index is 1290. The number of hydrogen-bond acceptors (Lipinski definition) is 5. The van der Waals surface area contributed by atoms with Gasteiger partial charge in [0, 0.05) is 42.6 Å². The van der Waals surface area contributed by atoms with Crippen molar-refractivity contribution in [3.8, 4) is 0 Å². The summed E-state index contributed by atoms with van der Waals surface area (Å²) in [4.78, 5) is 40.8. The Labute approximate surface area is 197 Å². The highest BCUT2D eigenvalue weighted by Crippen LogP contribution is 2.15. The van der Waals surface area contributed by atoms with Crippen molar-refractivity contribution < 1.29 is 14.3 Å². The van der Waals surface area contributed by atoms with Gasteiger partial charge in [-0.15, -0.1) is 0 Å². The van der Waals surface area contributed by atoms with Crippen LogP contribution in [0.4, 0.5) is 5.69 Å². The number of fused-ring (bicyclic) bond motifs is 1. The summed E-state index contributed by atoms with van der Waals surface area (Å²) in [6.45, 7) is 6.70. The van der Waals surface area contributed by atoms with Gasteiger partial charge in [-0.25, -0.2) is 0 Å². The third-order valence-electron chi connectivity index (χ3n) is 4.87. The van der Waals surface area contributed by atoms with Crippen LogP contribution >= 0.6 is 12.2 Å². The molecular weight excluding hydrogens is 440 g/mol. The molecule has 0 saturated carbocycles. The van der Waals surface area contributed by atoms with Crippen LogP contribution in [-0.4, -0.2) is 40.6 Å². The number of carbonyl (C=O) groups is 2. The fourth-order valence-electron chi connectivity index (χ4n) is 3.29. The summed E-state index contributed by atoms with van der Waals surface area (Å²) >= 11 is 5.33. The van der Waals surface area contributed by atoms with Gasteiger partial charge >= 0.3 is 0 Å². The summed E-state index contributed by atoms with van der Waals surface area (Å²) in [5, 5.41) is 6.15. The second-order valence-electron chi connectivity index (χ2n) is 8.73. The highest BCUT2D eigenvalue weighted by molar-refractivity contribution is 7.71. The molecule has 33 heavy (non-hydrogen) atoms. The molecule has 174 valence electrons. The highest BCUT2D eigenvalue weighted by Gasteiger charge is 2.15. The number of aromatic nitrogens is 2. The first-order valence-corrected chi connectivity index (χ1v) is 11.0. The van der Waals surface area contributed by atoms with Crippen molar-refractivity contribution in [3.63, 3.8) is 0 Å². The molecule has 3 aromatic rings. The first-order chi connectivity index (χ1) is 15.6. The van der Waals surface area contributed by atoms with Gasteiger partial charge in [-0.2, -0.15) is 0 Å². The lowest BCUT2D eigenvalue weighted by Crippen LogP contribution is -2.40. The van der Waals surface area contributed by atoms with Crippen LogP contribution in [0.5, 0.6) is 0 Å². The molecule has 8 nitrogen and oxygen atoms in total. The van der Waals surface area contributed by atoms with E-state index in [1.54, 1.807) is 49.6 Å². The van der Waals surface area contributed by atoms with Crippen molar-refractivity contribution in [3.05, 3.63) is 68.7 Å². The number of H-pyrrole nitrogens is 1. The van der Waals surface area contributed by atoms with E-state index in [1.807, 2.05) is 20.8 Å². The van der Waals surface area contributed by atoms with Gasteiger partial charge in [-0.05, 0) is 81.9 Å². The van der Waals surface area contributed by atoms with E-state index in [9.17, 15) is 14.4 Å². The maximum absolute atomic E-state index is 12.8. The van der Waals surface area contributed by atoms with Crippen molar-refractivity contribution >= 4 is 40.6 Å². The molecule has 2 amide bonds. The second-order valence-corrected chi connectivity index (χ2v) is 9.12. The predicted molar refractivity (Wildman–Crippen MR) is 132 cm³/mol. The molecule has 0 aliphatic carbocycles. The standard InChI is InChI=1S/C24H28N4O4S/c1-24(2,3)27-21(30)15-6-9-17(10-7-15)25-20(29)16-8-11-18-19(14-16)26-23(33)28(22(18)31)12-5-13-32-4/h6-11,14H,5,12-13H2,1-4H3,(H,25,29)(H,26,33)(H,27,30). The lowest BCUT2D eigenvalue weighted by molar-refractivity contribution is 0.0919. The third kappa shape index (κ3) is 6.15. The summed E-state index contributed by atoms with van der Waals surface area (Å²) < 4.78 is 6.83. The van der Waals surface area contributed by atoms with Gasteiger partial charge in [0.05, 0.1) is 10.9 Å². The average Bonchev–Trinajstić information content (AvgIpc) is 2.75. The van der Waals surface area contributed by atoms with E-state index < -0.39 is 0 Å². The average molecular weight is 469 g/mol. The topological polar surface area (TPSA) is 105 Å². The number of aromatic amines is 1. The van der Waals surface area contributed by atoms with E-state index >= 15 is 0 Å². The van der Waals surface area contributed by atoms with Crippen molar-refractivity contribution in [1.82, 2.24) is 14.9 Å². The Kier molecular flexibility index (Phi) is 7.45. The number of nitrogens with one attached hydrogen (secondary N) is 3. The lowest BCUT2D eigenvalue weighted by Gasteiger charge is -2.20. The molecule has 1 heterocycles. The zero-order chi connectivity index (χ0) is 24.2. The molecule has 0 fully saturated rings. The summed E-state index contributed by atoms with van der Waals surface area (Å²) in [5.41, 5.74) is 1.38. The van der Waals surface area contributed by atoms with E-state index in [2.05, 4.69) is 15.6 Å². The molecule has 9 heteroatoms. The zero-order valence-corrected chi connectivity index (χ0v) is 20.0. The maximum atomic E-state index is 12.8. The molecule has 1 aromatic heterocycles. The van der Waals surface area contributed by atoms with Crippen LogP contribution in [0.2, 0.25) is 0 Å². The lowest BCUT2D eigenvalue weighted by atomic mass is 10.1. The SMILES string of the molecule is COCCCn1c(=S)[nH]c2cc(C(=O)Nc3ccc(C(=O)NC(C)(C)C)cc3)ccc2c1=O. The van der Waals surface area contributed by atoms with Crippen LogP contribution in [0, 0.1) is 4.77 Å². The van der Waals surface area contributed by atoms with E-state index in [4.69, 9.17) is 17.0 Å². The maximum Gasteiger partial charge on any atom is 0.262 e. The van der Waals surface area contributed by atoms with E-state index in [-0.39, 0.29) is 22.9 Å². The number of carbonyl (C=O) groups excluding carboxylic acids is 2. The Hall–Kier alpha value is -3.30. The van der Waals surface area contributed by atoms with Gasteiger partial charge < -0.3 is 20.4 Å². The van der Waals surface area contributed by atoms with Crippen LogP contribution in [-0.2, 0) is 11.3 Å². The van der Waals surface area contributed by atoms with Gasteiger partial charge in [-0.1, -0.05) is 0 Å². The molecule has 3 N–H and O–H groups in total. The molecule has 0 unspecified atom stereocenters.